The summed E-state index contributed by atoms with van der Waals surface area (Å²) in [7, 11) is 0. The lowest BCUT2D eigenvalue weighted by atomic mass is 9.96. The van der Waals surface area contributed by atoms with Crippen LogP contribution >= 0.6 is 0 Å². The van der Waals surface area contributed by atoms with Gasteiger partial charge in [0.15, 0.2) is 5.79 Å². The van der Waals surface area contributed by atoms with Gasteiger partial charge in [-0.05, 0) is 25.3 Å². The first-order valence-corrected chi connectivity index (χ1v) is 7.26. The number of aryl methyl sites for hydroxylation is 1. The molecule has 4 nitrogen and oxygen atoms in total. The van der Waals surface area contributed by atoms with Crippen LogP contribution in [0.3, 0.4) is 0 Å². The highest BCUT2D eigenvalue weighted by Gasteiger charge is 2.40. The predicted molar refractivity (Wildman–Crippen MR) is 72.3 cm³/mol. The number of pyridine rings is 1. The molecule has 19 heavy (non-hydrogen) atoms. The summed E-state index contributed by atoms with van der Waals surface area (Å²) in [6.45, 7) is 6.14. The molecule has 0 atom stereocenters. The Hall–Kier alpha value is -1.13. The number of rotatable bonds is 3. The van der Waals surface area contributed by atoms with Crippen LogP contribution in [0.5, 0.6) is 0 Å². The number of ether oxygens (including phenoxy) is 2. The smallest absolute Gasteiger partial charge is 0.254 e. The third kappa shape index (κ3) is 1.85. The quantitative estimate of drug-likeness (QED) is 0.837. The van der Waals surface area contributed by atoms with Crippen LogP contribution in [-0.4, -0.2) is 17.8 Å². The van der Waals surface area contributed by atoms with Crippen molar-refractivity contribution in [2.45, 2.75) is 51.9 Å². The van der Waals surface area contributed by atoms with E-state index in [-0.39, 0.29) is 5.56 Å². The number of nitrogens with zero attached hydrogens (tertiary/aromatic N) is 1. The SMILES string of the molecule is CCc1c(C2(CC)OCCO2)cc2n(c1=O)CCC2. The minimum absolute atomic E-state index is 0.152. The van der Waals surface area contributed by atoms with Gasteiger partial charge in [0, 0.05) is 29.8 Å². The minimum Gasteiger partial charge on any atom is -0.343 e. The topological polar surface area (TPSA) is 40.5 Å². The third-order valence-corrected chi connectivity index (χ3v) is 4.28. The molecule has 3 heterocycles. The van der Waals surface area contributed by atoms with Gasteiger partial charge in [0.25, 0.3) is 5.56 Å². The molecule has 0 radical (unpaired) electrons. The average Bonchev–Trinajstić information content (AvgIpc) is 3.08. The molecule has 0 spiro atoms. The second-order valence-electron chi connectivity index (χ2n) is 5.25. The minimum atomic E-state index is -0.692. The molecule has 0 amide bonds. The van der Waals surface area contributed by atoms with Crippen molar-refractivity contribution in [2.75, 3.05) is 13.2 Å². The Kier molecular flexibility index (Phi) is 3.23. The van der Waals surface area contributed by atoms with Gasteiger partial charge in [-0.25, -0.2) is 0 Å². The average molecular weight is 263 g/mol. The molecule has 0 aromatic carbocycles. The molecule has 4 heteroatoms. The maximum atomic E-state index is 12.6. The summed E-state index contributed by atoms with van der Waals surface area (Å²) < 4.78 is 13.6. The second-order valence-corrected chi connectivity index (χ2v) is 5.25. The van der Waals surface area contributed by atoms with Crippen LogP contribution in [0.15, 0.2) is 10.9 Å². The van der Waals surface area contributed by atoms with Crippen LogP contribution in [0.1, 0.15) is 43.5 Å². The zero-order valence-electron chi connectivity index (χ0n) is 11.7. The van der Waals surface area contributed by atoms with Crippen molar-refractivity contribution in [3.05, 3.63) is 33.2 Å². The highest BCUT2D eigenvalue weighted by Crippen LogP contribution is 2.37. The molecule has 0 bridgehead atoms. The molecule has 0 unspecified atom stereocenters. The van der Waals surface area contributed by atoms with Gasteiger partial charge in [-0.1, -0.05) is 13.8 Å². The van der Waals surface area contributed by atoms with Gasteiger partial charge < -0.3 is 14.0 Å². The van der Waals surface area contributed by atoms with E-state index in [2.05, 4.69) is 13.0 Å². The molecule has 2 aliphatic rings. The maximum absolute atomic E-state index is 12.6. The monoisotopic (exact) mass is 263 g/mol. The van der Waals surface area contributed by atoms with E-state index < -0.39 is 5.79 Å². The van der Waals surface area contributed by atoms with Gasteiger partial charge in [0.1, 0.15) is 0 Å². The Labute approximate surface area is 113 Å². The Morgan fingerprint density at radius 3 is 2.68 bits per heavy atom. The van der Waals surface area contributed by atoms with Crippen molar-refractivity contribution in [3.8, 4) is 0 Å². The van der Waals surface area contributed by atoms with Crippen LogP contribution in [0.2, 0.25) is 0 Å². The van der Waals surface area contributed by atoms with Gasteiger partial charge >= 0.3 is 0 Å². The molecule has 1 aromatic heterocycles. The Balaban J connectivity index is 2.20. The summed E-state index contributed by atoms with van der Waals surface area (Å²) >= 11 is 0. The summed E-state index contributed by atoms with van der Waals surface area (Å²) in [4.78, 5) is 12.6. The predicted octanol–water partition coefficient (Wildman–Crippen LogP) is 1.97. The standard InChI is InChI=1S/C15H21NO3/c1-3-12-13(15(4-2)18-8-9-19-15)10-11-6-5-7-16(11)14(12)17/h10H,3-9H2,1-2H3. The summed E-state index contributed by atoms with van der Waals surface area (Å²) in [5.41, 5.74) is 3.10. The summed E-state index contributed by atoms with van der Waals surface area (Å²) in [6.07, 6.45) is 3.50. The fourth-order valence-electron chi connectivity index (χ4n) is 3.30. The van der Waals surface area contributed by atoms with E-state index in [0.717, 1.165) is 49.0 Å². The molecular formula is C15H21NO3. The maximum Gasteiger partial charge on any atom is 0.254 e. The van der Waals surface area contributed by atoms with Gasteiger partial charge in [-0.2, -0.15) is 0 Å². The molecule has 0 aliphatic carbocycles. The van der Waals surface area contributed by atoms with Crippen LogP contribution in [-0.2, 0) is 34.6 Å². The molecule has 1 fully saturated rings. The van der Waals surface area contributed by atoms with Gasteiger partial charge in [0.05, 0.1) is 13.2 Å². The van der Waals surface area contributed by atoms with E-state index in [4.69, 9.17) is 9.47 Å². The van der Waals surface area contributed by atoms with E-state index in [1.165, 1.54) is 0 Å². The fourth-order valence-corrected chi connectivity index (χ4v) is 3.30. The van der Waals surface area contributed by atoms with Gasteiger partial charge in [-0.3, -0.25) is 4.79 Å². The van der Waals surface area contributed by atoms with Crippen molar-refractivity contribution >= 4 is 0 Å². The Morgan fingerprint density at radius 1 is 1.32 bits per heavy atom. The first-order chi connectivity index (χ1) is 9.22. The number of fused-ring (bicyclic) bond motifs is 1. The molecule has 0 saturated carbocycles. The largest absolute Gasteiger partial charge is 0.343 e. The molecule has 3 rings (SSSR count). The van der Waals surface area contributed by atoms with Crippen LogP contribution < -0.4 is 5.56 Å². The first-order valence-electron chi connectivity index (χ1n) is 7.26. The molecule has 104 valence electrons. The van der Waals surface area contributed by atoms with Crippen molar-refractivity contribution in [2.24, 2.45) is 0 Å². The Bertz CT molecular complexity index is 541. The van der Waals surface area contributed by atoms with Crippen LogP contribution in [0.4, 0.5) is 0 Å². The van der Waals surface area contributed by atoms with E-state index in [1.807, 2.05) is 11.5 Å². The highest BCUT2D eigenvalue weighted by atomic mass is 16.7. The van der Waals surface area contributed by atoms with Crippen molar-refractivity contribution in [1.82, 2.24) is 4.57 Å². The van der Waals surface area contributed by atoms with E-state index in [9.17, 15) is 4.79 Å². The fraction of sp³-hybridized carbons (Fsp3) is 0.667. The van der Waals surface area contributed by atoms with Gasteiger partial charge in [-0.15, -0.1) is 0 Å². The van der Waals surface area contributed by atoms with Crippen LogP contribution in [0.25, 0.3) is 0 Å². The van der Waals surface area contributed by atoms with Gasteiger partial charge in [0.2, 0.25) is 0 Å². The normalized spacial score (nSPS) is 20.7. The first kappa shape index (κ1) is 12.9. The molecule has 0 N–H and O–H groups in total. The second kappa shape index (κ2) is 4.76. The summed E-state index contributed by atoms with van der Waals surface area (Å²) in [5, 5.41) is 0. The lowest BCUT2D eigenvalue weighted by molar-refractivity contribution is -0.168. The summed E-state index contributed by atoms with van der Waals surface area (Å²) in [5.74, 6) is -0.692. The highest BCUT2D eigenvalue weighted by molar-refractivity contribution is 5.33. The van der Waals surface area contributed by atoms with Crippen LogP contribution in [0, 0.1) is 0 Å². The van der Waals surface area contributed by atoms with Crippen molar-refractivity contribution in [1.29, 1.82) is 0 Å². The summed E-state index contributed by atoms with van der Waals surface area (Å²) in [6, 6.07) is 2.14. The number of hydrogen-bond donors (Lipinski definition) is 0. The molecule has 1 aromatic rings. The number of aromatic nitrogens is 1. The van der Waals surface area contributed by atoms with Crippen molar-refractivity contribution in [3.63, 3.8) is 0 Å². The molecule has 1 saturated heterocycles. The molecule has 2 aliphatic heterocycles. The lowest BCUT2D eigenvalue weighted by Gasteiger charge is -2.29. The third-order valence-electron chi connectivity index (χ3n) is 4.28. The zero-order chi connectivity index (χ0) is 13.5. The zero-order valence-corrected chi connectivity index (χ0v) is 11.7. The number of hydrogen-bond acceptors (Lipinski definition) is 3. The van der Waals surface area contributed by atoms with E-state index >= 15 is 0 Å². The lowest BCUT2D eigenvalue weighted by Crippen LogP contribution is -2.34. The van der Waals surface area contributed by atoms with E-state index in [0.29, 0.717) is 13.2 Å². The molecular weight excluding hydrogens is 242 g/mol. The van der Waals surface area contributed by atoms with Crippen molar-refractivity contribution < 1.29 is 9.47 Å². The Morgan fingerprint density at radius 2 is 2.05 bits per heavy atom. The van der Waals surface area contributed by atoms with E-state index in [1.54, 1.807) is 0 Å².